The highest BCUT2D eigenvalue weighted by Crippen LogP contribution is 2.34. The van der Waals surface area contributed by atoms with Crippen LogP contribution < -0.4 is 21.7 Å². The van der Waals surface area contributed by atoms with Crippen LogP contribution in [-0.2, 0) is 16.1 Å². The van der Waals surface area contributed by atoms with Gasteiger partial charge in [0.2, 0.25) is 5.91 Å². The molecule has 2 aromatic heterocycles. The van der Waals surface area contributed by atoms with Gasteiger partial charge in [-0.25, -0.2) is 19.6 Å². The van der Waals surface area contributed by atoms with Crippen molar-refractivity contribution in [1.29, 1.82) is 0 Å². The van der Waals surface area contributed by atoms with Gasteiger partial charge in [-0.15, -0.1) is 0 Å². The lowest BCUT2D eigenvalue weighted by Gasteiger charge is -2.21. The number of primary amides is 1. The zero-order valence-corrected chi connectivity index (χ0v) is 23.7. The van der Waals surface area contributed by atoms with Gasteiger partial charge in [0.05, 0.1) is 22.8 Å². The maximum absolute atomic E-state index is 12.0. The standard InChI is InChI=1S/C28H26Cl2N6O6/c1-14-33-25(35-20-5-3-2-4-17(20)27(38)39)24(26(34-14)36-21(28(40)41)9-11-23(31)37)32-13-16-7-10-22(42-16)18-12-15(29)6-8-19(18)30/h2-8,10,12,21,32H,9,11,13H2,1H3,(H2,31,37)(H,38,39)(H,40,41)(H2,33,34,35,36). The second-order valence-corrected chi connectivity index (χ2v) is 9.95. The van der Waals surface area contributed by atoms with E-state index in [9.17, 15) is 24.6 Å². The number of nitrogens with two attached hydrogens (primary N) is 1. The van der Waals surface area contributed by atoms with Crippen molar-refractivity contribution in [2.75, 3.05) is 16.0 Å². The normalized spacial score (nSPS) is 11.5. The average Bonchev–Trinajstić information content (AvgIpc) is 3.40. The third-order valence-corrected chi connectivity index (χ3v) is 6.58. The van der Waals surface area contributed by atoms with Crippen molar-refractivity contribution in [2.45, 2.75) is 32.4 Å². The highest BCUT2D eigenvalue weighted by molar-refractivity contribution is 6.35. The number of nitrogens with zero attached hydrogens (tertiary/aromatic N) is 2. The number of nitrogens with one attached hydrogen (secondary N) is 3. The molecule has 4 rings (SSSR count). The van der Waals surface area contributed by atoms with E-state index in [0.717, 1.165) is 0 Å². The van der Waals surface area contributed by atoms with Gasteiger partial charge in [-0.2, -0.15) is 0 Å². The predicted molar refractivity (Wildman–Crippen MR) is 158 cm³/mol. The number of hydrogen-bond acceptors (Lipinski definition) is 9. The molecule has 7 N–H and O–H groups in total. The number of aryl methyl sites for hydroxylation is 1. The van der Waals surface area contributed by atoms with Crippen LogP contribution in [0.3, 0.4) is 0 Å². The Kier molecular flexibility index (Phi) is 9.50. The van der Waals surface area contributed by atoms with Crippen molar-refractivity contribution >= 4 is 64.1 Å². The number of hydrogen-bond donors (Lipinski definition) is 6. The maximum atomic E-state index is 12.0. The third kappa shape index (κ3) is 7.47. The van der Waals surface area contributed by atoms with E-state index in [2.05, 4.69) is 25.9 Å². The largest absolute Gasteiger partial charge is 0.480 e. The summed E-state index contributed by atoms with van der Waals surface area (Å²) in [5.74, 6) is -1.55. The van der Waals surface area contributed by atoms with Crippen LogP contribution >= 0.6 is 23.2 Å². The van der Waals surface area contributed by atoms with Crippen LogP contribution in [0.5, 0.6) is 0 Å². The number of aliphatic carboxylic acids is 1. The molecule has 0 saturated carbocycles. The molecule has 1 amide bonds. The molecule has 0 fully saturated rings. The summed E-state index contributed by atoms with van der Waals surface area (Å²) >= 11 is 12.4. The molecule has 0 aliphatic rings. The summed E-state index contributed by atoms with van der Waals surface area (Å²) in [4.78, 5) is 44.0. The van der Waals surface area contributed by atoms with E-state index < -0.39 is 23.9 Å². The van der Waals surface area contributed by atoms with Crippen LogP contribution in [-0.4, -0.2) is 44.1 Å². The van der Waals surface area contributed by atoms with Crippen molar-refractivity contribution < 1.29 is 29.0 Å². The first-order valence-electron chi connectivity index (χ1n) is 12.6. The Morgan fingerprint density at radius 1 is 1.02 bits per heavy atom. The number of furan rings is 1. The van der Waals surface area contributed by atoms with Crippen molar-refractivity contribution in [3.63, 3.8) is 0 Å². The Hall–Kier alpha value is -4.81. The van der Waals surface area contributed by atoms with Gasteiger partial charge in [0.25, 0.3) is 0 Å². The summed E-state index contributed by atoms with van der Waals surface area (Å²) in [5.41, 5.74) is 6.30. The number of carboxylic acid groups (broad SMARTS) is 2. The predicted octanol–water partition coefficient (Wildman–Crippen LogP) is 5.54. The number of benzene rings is 2. The molecule has 12 nitrogen and oxygen atoms in total. The first-order chi connectivity index (χ1) is 20.0. The molecule has 0 aliphatic heterocycles. The lowest BCUT2D eigenvalue weighted by atomic mass is 10.1. The summed E-state index contributed by atoms with van der Waals surface area (Å²) in [6.45, 7) is 1.68. The van der Waals surface area contributed by atoms with Crippen molar-refractivity contribution in [3.05, 3.63) is 81.8 Å². The summed E-state index contributed by atoms with van der Waals surface area (Å²) in [7, 11) is 0. The topological polar surface area (TPSA) is 193 Å². The molecule has 0 bridgehead atoms. The minimum Gasteiger partial charge on any atom is -0.480 e. The fourth-order valence-electron chi connectivity index (χ4n) is 4.03. The van der Waals surface area contributed by atoms with Crippen LogP contribution in [0.1, 0.15) is 34.8 Å². The molecule has 0 radical (unpaired) electrons. The molecular formula is C28H26Cl2N6O6. The van der Waals surface area contributed by atoms with Crippen LogP contribution in [0, 0.1) is 6.92 Å². The lowest BCUT2D eigenvalue weighted by Crippen LogP contribution is -2.31. The van der Waals surface area contributed by atoms with E-state index in [1.165, 1.54) is 6.07 Å². The molecular weight excluding hydrogens is 587 g/mol. The van der Waals surface area contributed by atoms with Gasteiger partial charge in [0.15, 0.2) is 11.6 Å². The first-order valence-corrected chi connectivity index (χ1v) is 13.3. The zero-order valence-electron chi connectivity index (χ0n) is 22.1. The number of carbonyl (C=O) groups excluding carboxylic acids is 1. The second-order valence-electron chi connectivity index (χ2n) is 9.10. The number of amides is 1. The van der Waals surface area contributed by atoms with E-state index in [1.807, 2.05) is 0 Å². The number of para-hydroxylation sites is 1. The Morgan fingerprint density at radius 2 is 1.76 bits per heavy atom. The number of carboxylic acids is 2. The Balaban J connectivity index is 1.71. The highest BCUT2D eigenvalue weighted by atomic mass is 35.5. The van der Waals surface area contributed by atoms with Crippen LogP contribution in [0.15, 0.2) is 59.0 Å². The van der Waals surface area contributed by atoms with Crippen molar-refractivity contribution in [1.82, 2.24) is 9.97 Å². The molecule has 0 saturated heterocycles. The Morgan fingerprint density at radius 3 is 2.48 bits per heavy atom. The molecule has 1 atom stereocenters. The van der Waals surface area contributed by atoms with Crippen LogP contribution in [0.4, 0.5) is 23.0 Å². The van der Waals surface area contributed by atoms with Crippen molar-refractivity contribution in [2.24, 2.45) is 5.73 Å². The number of aromatic carboxylic acids is 1. The molecule has 14 heteroatoms. The van der Waals surface area contributed by atoms with Gasteiger partial charge in [0.1, 0.15) is 29.1 Å². The fourth-order valence-corrected chi connectivity index (χ4v) is 4.41. The quantitative estimate of drug-likeness (QED) is 0.111. The summed E-state index contributed by atoms with van der Waals surface area (Å²) in [5, 5.41) is 29.4. The molecule has 218 valence electrons. The minimum absolute atomic E-state index is 0.00632. The average molecular weight is 613 g/mol. The molecule has 2 heterocycles. The van der Waals surface area contributed by atoms with Crippen LogP contribution in [0.25, 0.3) is 11.3 Å². The smallest absolute Gasteiger partial charge is 0.337 e. The number of aromatic nitrogens is 2. The summed E-state index contributed by atoms with van der Waals surface area (Å²) < 4.78 is 5.97. The number of halogens is 2. The van der Waals surface area contributed by atoms with E-state index in [1.54, 1.807) is 55.5 Å². The van der Waals surface area contributed by atoms with E-state index in [4.69, 9.17) is 33.4 Å². The van der Waals surface area contributed by atoms with E-state index in [0.29, 0.717) is 27.1 Å². The third-order valence-electron chi connectivity index (χ3n) is 6.01. The molecule has 4 aromatic rings. The van der Waals surface area contributed by atoms with Crippen LogP contribution in [0.2, 0.25) is 10.0 Å². The van der Waals surface area contributed by atoms with Gasteiger partial charge in [-0.1, -0.05) is 35.3 Å². The number of anilines is 4. The van der Waals surface area contributed by atoms with Crippen molar-refractivity contribution in [3.8, 4) is 11.3 Å². The monoisotopic (exact) mass is 612 g/mol. The minimum atomic E-state index is -1.22. The van der Waals surface area contributed by atoms with Gasteiger partial charge in [-0.3, -0.25) is 4.79 Å². The molecule has 0 spiro atoms. The molecule has 2 aromatic carbocycles. The first kappa shape index (κ1) is 30.2. The summed E-state index contributed by atoms with van der Waals surface area (Å²) in [6.07, 6.45) is -0.269. The number of carbonyl (C=O) groups is 3. The SMILES string of the molecule is Cc1nc(Nc2ccccc2C(=O)O)c(NCc2ccc(-c3cc(Cl)ccc3Cl)o2)c(NC(CCC(N)=O)C(=O)O)n1. The van der Waals surface area contributed by atoms with Gasteiger partial charge in [-0.05, 0) is 55.8 Å². The molecule has 42 heavy (non-hydrogen) atoms. The lowest BCUT2D eigenvalue weighted by molar-refractivity contribution is -0.138. The Bertz CT molecular complexity index is 1640. The molecule has 1 unspecified atom stereocenters. The van der Waals surface area contributed by atoms with E-state index in [-0.39, 0.29) is 53.8 Å². The zero-order chi connectivity index (χ0) is 30.4. The van der Waals surface area contributed by atoms with Gasteiger partial charge >= 0.3 is 11.9 Å². The fraction of sp³-hybridized carbons (Fsp3) is 0.179. The molecule has 0 aliphatic carbocycles. The summed E-state index contributed by atoms with van der Waals surface area (Å²) in [6, 6.07) is 13.5. The van der Waals surface area contributed by atoms with Gasteiger partial charge < -0.3 is 36.3 Å². The Labute approximate surface area is 249 Å². The highest BCUT2D eigenvalue weighted by Gasteiger charge is 2.23. The second kappa shape index (κ2) is 13.2. The number of rotatable bonds is 13. The maximum Gasteiger partial charge on any atom is 0.337 e. The van der Waals surface area contributed by atoms with E-state index >= 15 is 0 Å². The van der Waals surface area contributed by atoms with Gasteiger partial charge in [0, 0.05) is 17.0 Å².